The number of hydrogen-bond donors (Lipinski definition) is 0. The van der Waals surface area contributed by atoms with Crippen molar-refractivity contribution >= 4 is 28.9 Å². The van der Waals surface area contributed by atoms with Crippen LogP contribution in [0.25, 0.3) is 0 Å². The molecule has 0 bridgehead atoms. The fraction of sp³-hybridized carbons (Fsp3) is 0.474. The van der Waals surface area contributed by atoms with Gasteiger partial charge in [0.2, 0.25) is 5.16 Å². The van der Waals surface area contributed by atoms with Crippen molar-refractivity contribution < 1.29 is 9.53 Å². The van der Waals surface area contributed by atoms with Crippen LogP contribution in [-0.2, 0) is 17.8 Å². The predicted octanol–water partition coefficient (Wildman–Crippen LogP) is 3.36. The van der Waals surface area contributed by atoms with Gasteiger partial charge in [-0.3, -0.25) is 4.79 Å². The molecule has 0 N–H and O–H groups in total. The number of ketones is 1. The summed E-state index contributed by atoms with van der Waals surface area (Å²) in [5, 5.41) is 14.6. The van der Waals surface area contributed by atoms with E-state index in [0.29, 0.717) is 17.5 Å². The molecule has 1 saturated heterocycles. The molecule has 0 aliphatic carbocycles. The molecule has 0 amide bonds. The molecular weight excluding hydrogens is 394 g/mol. The van der Waals surface area contributed by atoms with E-state index in [1.54, 1.807) is 16.0 Å². The average molecular weight is 418 g/mol. The third-order valence-corrected chi connectivity index (χ3v) is 6.82. The summed E-state index contributed by atoms with van der Waals surface area (Å²) in [6.45, 7) is 6.30. The molecule has 3 aromatic heterocycles. The quantitative estimate of drug-likeness (QED) is 0.413. The molecule has 9 heteroatoms. The van der Waals surface area contributed by atoms with Crippen molar-refractivity contribution in [3.8, 4) is 0 Å². The highest BCUT2D eigenvalue weighted by atomic mass is 32.2. The van der Waals surface area contributed by atoms with Gasteiger partial charge >= 0.3 is 0 Å². The number of thiophene rings is 1. The molecule has 0 saturated carbocycles. The number of aromatic nitrogens is 5. The number of carbonyl (C=O) groups is 1. The minimum Gasteiger partial charge on any atom is -0.376 e. The van der Waals surface area contributed by atoms with Gasteiger partial charge in [0.05, 0.1) is 24.9 Å². The standard InChI is InChI=1S/C19H23N5O2S2/c1-13-9-17(14(2)23(13)11-16-6-4-8-27-16)18(25)12-28-19-20-21-22-24(19)10-15-5-3-7-26-15/h4,6,8-9,15H,3,5,7,10-12H2,1-2H3. The van der Waals surface area contributed by atoms with Gasteiger partial charge in [-0.15, -0.1) is 16.4 Å². The van der Waals surface area contributed by atoms with Crippen molar-refractivity contribution in [3.63, 3.8) is 0 Å². The molecular formula is C19H23N5O2S2. The number of thioether (sulfide) groups is 1. The van der Waals surface area contributed by atoms with Crippen molar-refractivity contribution in [2.75, 3.05) is 12.4 Å². The summed E-state index contributed by atoms with van der Waals surface area (Å²) in [7, 11) is 0. The molecule has 0 radical (unpaired) electrons. The maximum atomic E-state index is 12.9. The van der Waals surface area contributed by atoms with Crippen LogP contribution in [-0.4, -0.2) is 49.0 Å². The van der Waals surface area contributed by atoms with Crippen LogP contribution in [0.4, 0.5) is 0 Å². The van der Waals surface area contributed by atoms with Crippen LogP contribution in [0.2, 0.25) is 0 Å². The number of aryl methyl sites for hydroxylation is 1. The average Bonchev–Trinajstić information content (AvgIpc) is 3.47. The molecule has 148 valence electrons. The molecule has 1 aliphatic rings. The Balaban J connectivity index is 1.41. The Morgan fingerprint density at radius 2 is 2.32 bits per heavy atom. The third-order valence-electron chi connectivity index (χ3n) is 5.00. The van der Waals surface area contributed by atoms with E-state index in [9.17, 15) is 4.79 Å². The van der Waals surface area contributed by atoms with E-state index in [2.05, 4.69) is 37.6 Å². The minimum absolute atomic E-state index is 0.0993. The third kappa shape index (κ3) is 4.21. The Morgan fingerprint density at radius 3 is 3.07 bits per heavy atom. The van der Waals surface area contributed by atoms with Crippen molar-refractivity contribution in [2.45, 2.75) is 51.0 Å². The zero-order valence-corrected chi connectivity index (χ0v) is 17.6. The maximum absolute atomic E-state index is 12.9. The van der Waals surface area contributed by atoms with Crippen LogP contribution in [0.1, 0.15) is 39.5 Å². The van der Waals surface area contributed by atoms with Crippen LogP contribution in [0.5, 0.6) is 0 Å². The summed E-state index contributed by atoms with van der Waals surface area (Å²) >= 11 is 3.11. The molecule has 0 aromatic carbocycles. The molecule has 4 rings (SSSR count). The van der Waals surface area contributed by atoms with Crippen LogP contribution >= 0.6 is 23.1 Å². The van der Waals surface area contributed by atoms with E-state index >= 15 is 0 Å². The monoisotopic (exact) mass is 417 g/mol. The van der Waals surface area contributed by atoms with Gasteiger partial charge in [0.25, 0.3) is 0 Å². The lowest BCUT2D eigenvalue weighted by Crippen LogP contribution is -2.17. The highest BCUT2D eigenvalue weighted by molar-refractivity contribution is 7.99. The molecule has 28 heavy (non-hydrogen) atoms. The first-order valence-electron chi connectivity index (χ1n) is 9.34. The Morgan fingerprint density at radius 1 is 1.43 bits per heavy atom. The summed E-state index contributed by atoms with van der Waals surface area (Å²) in [6.07, 6.45) is 2.27. The van der Waals surface area contributed by atoms with E-state index in [-0.39, 0.29) is 11.9 Å². The lowest BCUT2D eigenvalue weighted by atomic mass is 10.2. The first kappa shape index (κ1) is 19.4. The number of hydrogen-bond acceptors (Lipinski definition) is 7. The van der Waals surface area contributed by atoms with Crippen molar-refractivity contribution in [3.05, 3.63) is 45.4 Å². The smallest absolute Gasteiger partial charge is 0.209 e. The van der Waals surface area contributed by atoms with Gasteiger partial charge in [-0.1, -0.05) is 17.8 Å². The Hall–Kier alpha value is -1.97. The first-order valence-corrected chi connectivity index (χ1v) is 11.2. The number of ether oxygens (including phenoxy) is 1. The van der Waals surface area contributed by atoms with E-state index in [1.807, 2.05) is 19.9 Å². The predicted molar refractivity (Wildman–Crippen MR) is 109 cm³/mol. The number of nitrogens with zero attached hydrogens (tertiary/aromatic N) is 5. The van der Waals surface area contributed by atoms with E-state index in [4.69, 9.17) is 4.74 Å². The topological polar surface area (TPSA) is 74.8 Å². The van der Waals surface area contributed by atoms with Crippen LogP contribution in [0, 0.1) is 13.8 Å². The maximum Gasteiger partial charge on any atom is 0.209 e. The van der Waals surface area contributed by atoms with Crippen molar-refractivity contribution in [2.24, 2.45) is 0 Å². The van der Waals surface area contributed by atoms with Gasteiger partial charge < -0.3 is 9.30 Å². The lowest BCUT2D eigenvalue weighted by Gasteiger charge is -2.10. The Bertz CT molecular complexity index is 942. The fourth-order valence-corrected chi connectivity index (χ4v) is 4.95. The highest BCUT2D eigenvalue weighted by Gasteiger charge is 2.21. The second-order valence-electron chi connectivity index (χ2n) is 6.94. The van der Waals surface area contributed by atoms with Crippen LogP contribution in [0.15, 0.2) is 28.7 Å². The number of carbonyl (C=O) groups excluding carboxylic acids is 1. The second kappa shape index (κ2) is 8.59. The van der Waals surface area contributed by atoms with Crippen LogP contribution < -0.4 is 0 Å². The van der Waals surface area contributed by atoms with E-state index in [0.717, 1.165) is 42.9 Å². The molecule has 4 heterocycles. The first-order chi connectivity index (χ1) is 13.6. The summed E-state index contributed by atoms with van der Waals surface area (Å²) in [5.74, 6) is 0.414. The molecule has 1 unspecified atom stereocenters. The summed E-state index contributed by atoms with van der Waals surface area (Å²) in [6, 6.07) is 6.16. The van der Waals surface area contributed by atoms with Gasteiger partial charge in [-0.2, -0.15) is 0 Å². The van der Waals surface area contributed by atoms with Crippen LogP contribution in [0.3, 0.4) is 0 Å². The summed E-state index contributed by atoms with van der Waals surface area (Å²) < 4.78 is 9.60. The zero-order chi connectivity index (χ0) is 19.5. The Labute approximate surface area is 172 Å². The van der Waals surface area contributed by atoms with E-state index < -0.39 is 0 Å². The molecule has 1 aliphatic heterocycles. The molecule has 7 nitrogen and oxygen atoms in total. The molecule has 1 fully saturated rings. The summed E-state index contributed by atoms with van der Waals surface area (Å²) in [4.78, 5) is 14.1. The number of Topliss-reactive ketones (excluding diaryl/α,β-unsaturated/α-hetero) is 1. The SMILES string of the molecule is Cc1cc(C(=O)CSc2nnnn2CC2CCCO2)c(C)n1Cc1cccs1. The van der Waals surface area contributed by atoms with Gasteiger partial charge in [-0.05, 0) is 54.6 Å². The normalized spacial score (nSPS) is 16.7. The molecule has 0 spiro atoms. The van der Waals surface area contributed by atoms with Gasteiger partial charge in [0.1, 0.15) is 0 Å². The molecule has 3 aromatic rings. The minimum atomic E-state index is 0.0993. The van der Waals surface area contributed by atoms with Gasteiger partial charge in [-0.25, -0.2) is 4.68 Å². The Kier molecular flexibility index (Phi) is 5.93. The highest BCUT2D eigenvalue weighted by Crippen LogP contribution is 2.23. The molecule has 1 atom stereocenters. The largest absolute Gasteiger partial charge is 0.376 e. The fourth-order valence-electron chi connectivity index (χ4n) is 3.49. The lowest BCUT2D eigenvalue weighted by molar-refractivity contribution is 0.0912. The van der Waals surface area contributed by atoms with Gasteiger partial charge in [0, 0.05) is 28.4 Å². The summed E-state index contributed by atoms with van der Waals surface area (Å²) in [5.41, 5.74) is 2.89. The van der Waals surface area contributed by atoms with Crippen molar-refractivity contribution in [1.29, 1.82) is 0 Å². The van der Waals surface area contributed by atoms with E-state index in [1.165, 1.54) is 16.6 Å². The number of rotatable bonds is 8. The number of tetrazole rings is 1. The zero-order valence-electron chi connectivity index (χ0n) is 16.0. The van der Waals surface area contributed by atoms with Crippen molar-refractivity contribution in [1.82, 2.24) is 24.8 Å². The second-order valence-corrected chi connectivity index (χ2v) is 8.92. The van der Waals surface area contributed by atoms with Gasteiger partial charge in [0.15, 0.2) is 5.78 Å².